The third-order valence-electron chi connectivity index (χ3n) is 6.84. The highest BCUT2D eigenvalue weighted by molar-refractivity contribution is 5.98. The van der Waals surface area contributed by atoms with Crippen LogP contribution in [0.25, 0.3) is 0 Å². The van der Waals surface area contributed by atoms with Crippen molar-refractivity contribution in [2.45, 2.75) is 82.7 Å². The maximum Gasteiger partial charge on any atom is 0.254 e. The Morgan fingerprint density at radius 1 is 0.778 bits per heavy atom. The fraction of sp³-hybridized carbons (Fsp3) is 0.652. The van der Waals surface area contributed by atoms with Crippen LogP contribution in [-0.2, 0) is 0 Å². The predicted octanol–water partition coefficient (Wildman–Crippen LogP) is 4.54. The van der Waals surface area contributed by atoms with Crippen molar-refractivity contribution in [1.29, 1.82) is 0 Å². The van der Waals surface area contributed by atoms with E-state index in [1.165, 1.54) is 44.9 Å². The van der Waals surface area contributed by atoms with Gasteiger partial charge in [-0.1, -0.05) is 32.1 Å². The van der Waals surface area contributed by atoms with E-state index in [1.54, 1.807) is 0 Å². The fourth-order valence-electron chi connectivity index (χ4n) is 5.32. The quantitative estimate of drug-likeness (QED) is 0.851. The Morgan fingerprint density at radius 2 is 1.41 bits per heavy atom. The molecule has 4 nitrogen and oxygen atoms in total. The van der Waals surface area contributed by atoms with Crippen molar-refractivity contribution in [1.82, 2.24) is 10.2 Å². The lowest BCUT2D eigenvalue weighted by molar-refractivity contribution is 0.0390. The number of benzene rings is 1. The maximum atomic E-state index is 13.1. The summed E-state index contributed by atoms with van der Waals surface area (Å²) in [5.41, 5.74) is 1.38. The molecule has 2 amide bonds. The largest absolute Gasteiger partial charge is 0.349 e. The summed E-state index contributed by atoms with van der Waals surface area (Å²) in [5, 5.41) is 3.15. The van der Waals surface area contributed by atoms with Gasteiger partial charge in [-0.25, -0.2) is 0 Å². The second-order valence-electron chi connectivity index (χ2n) is 8.64. The Kier molecular flexibility index (Phi) is 5.80. The number of fused-ring (bicyclic) bond motifs is 1. The van der Waals surface area contributed by atoms with Crippen molar-refractivity contribution < 1.29 is 9.59 Å². The zero-order valence-corrected chi connectivity index (χ0v) is 16.3. The lowest BCUT2D eigenvalue weighted by atomic mass is 9.78. The summed E-state index contributed by atoms with van der Waals surface area (Å²) in [6.45, 7) is 0.879. The average Bonchev–Trinajstić information content (AvgIpc) is 2.73. The normalized spacial score (nSPS) is 26.3. The molecule has 1 aromatic rings. The molecule has 1 N–H and O–H groups in total. The molecule has 3 aliphatic rings. The first kappa shape index (κ1) is 18.5. The highest BCUT2D eigenvalue weighted by Crippen LogP contribution is 2.35. The SMILES string of the molecule is O=C(NC1CCCCC1)c1ccc(C(=O)N2CCC[C@@H]3CCCC[C@@H]32)cc1. The summed E-state index contributed by atoms with van der Waals surface area (Å²) < 4.78 is 0. The Labute approximate surface area is 162 Å². The first-order valence-corrected chi connectivity index (χ1v) is 10.9. The molecule has 0 radical (unpaired) electrons. The fourth-order valence-corrected chi connectivity index (χ4v) is 5.32. The van der Waals surface area contributed by atoms with E-state index < -0.39 is 0 Å². The second kappa shape index (κ2) is 8.45. The molecule has 2 saturated carbocycles. The minimum atomic E-state index is -0.00813. The van der Waals surface area contributed by atoms with Crippen LogP contribution in [0.15, 0.2) is 24.3 Å². The number of likely N-dealkylation sites (tertiary alicyclic amines) is 1. The maximum absolute atomic E-state index is 13.1. The van der Waals surface area contributed by atoms with E-state index in [9.17, 15) is 9.59 Å². The van der Waals surface area contributed by atoms with Gasteiger partial charge in [-0.05, 0) is 68.7 Å². The van der Waals surface area contributed by atoms with Gasteiger partial charge >= 0.3 is 0 Å². The van der Waals surface area contributed by atoms with E-state index in [1.807, 2.05) is 24.3 Å². The molecule has 0 unspecified atom stereocenters. The summed E-state index contributed by atoms with van der Waals surface area (Å²) in [5.74, 6) is 0.828. The number of rotatable bonds is 3. The number of amides is 2. The summed E-state index contributed by atoms with van der Waals surface area (Å²) in [6.07, 6.45) is 13.2. The van der Waals surface area contributed by atoms with Crippen LogP contribution in [0.4, 0.5) is 0 Å². The number of carbonyl (C=O) groups excluding carboxylic acids is 2. The van der Waals surface area contributed by atoms with Crippen molar-refractivity contribution in [3.63, 3.8) is 0 Å². The summed E-state index contributed by atoms with van der Waals surface area (Å²) in [6, 6.07) is 8.04. The number of hydrogen-bond acceptors (Lipinski definition) is 2. The molecule has 3 fully saturated rings. The second-order valence-corrected chi connectivity index (χ2v) is 8.64. The van der Waals surface area contributed by atoms with Crippen LogP contribution < -0.4 is 5.32 Å². The number of piperidine rings is 1. The molecule has 4 rings (SSSR count). The van der Waals surface area contributed by atoms with Crippen molar-refractivity contribution in [2.24, 2.45) is 5.92 Å². The third kappa shape index (κ3) is 4.20. The molecule has 0 bridgehead atoms. The van der Waals surface area contributed by atoms with Gasteiger partial charge in [-0.2, -0.15) is 0 Å². The minimum Gasteiger partial charge on any atom is -0.349 e. The zero-order chi connectivity index (χ0) is 18.6. The predicted molar refractivity (Wildman–Crippen MR) is 107 cm³/mol. The zero-order valence-electron chi connectivity index (χ0n) is 16.3. The highest BCUT2D eigenvalue weighted by atomic mass is 16.2. The van der Waals surface area contributed by atoms with Crippen molar-refractivity contribution in [3.8, 4) is 0 Å². The lowest BCUT2D eigenvalue weighted by Crippen LogP contribution is -2.49. The molecule has 1 saturated heterocycles. The van der Waals surface area contributed by atoms with Gasteiger partial charge in [-0.3, -0.25) is 9.59 Å². The Morgan fingerprint density at radius 3 is 2.19 bits per heavy atom. The molecule has 0 aromatic heterocycles. The number of carbonyl (C=O) groups is 2. The van der Waals surface area contributed by atoms with Gasteiger partial charge in [0.2, 0.25) is 0 Å². The Balaban J connectivity index is 1.40. The van der Waals surface area contributed by atoms with Gasteiger partial charge < -0.3 is 10.2 Å². The molecule has 146 valence electrons. The molecule has 1 heterocycles. The minimum absolute atomic E-state index is 0.00813. The number of nitrogens with zero attached hydrogens (tertiary/aromatic N) is 1. The lowest BCUT2D eigenvalue weighted by Gasteiger charge is -2.44. The number of nitrogens with one attached hydrogen (secondary N) is 1. The van der Waals surface area contributed by atoms with Crippen LogP contribution in [0.1, 0.15) is 91.3 Å². The summed E-state index contributed by atoms with van der Waals surface area (Å²) in [7, 11) is 0. The van der Waals surface area contributed by atoms with E-state index in [2.05, 4.69) is 10.2 Å². The molecule has 0 spiro atoms. The van der Waals surface area contributed by atoms with Gasteiger partial charge in [0.15, 0.2) is 0 Å². The third-order valence-corrected chi connectivity index (χ3v) is 6.84. The topological polar surface area (TPSA) is 49.4 Å². The molecule has 2 aliphatic carbocycles. The summed E-state index contributed by atoms with van der Waals surface area (Å²) >= 11 is 0. The average molecular weight is 369 g/mol. The Hall–Kier alpha value is -1.84. The van der Waals surface area contributed by atoms with E-state index in [0.29, 0.717) is 23.6 Å². The van der Waals surface area contributed by atoms with E-state index in [4.69, 9.17) is 0 Å². The molecule has 27 heavy (non-hydrogen) atoms. The van der Waals surface area contributed by atoms with Gasteiger partial charge in [0.05, 0.1) is 0 Å². The first-order chi connectivity index (χ1) is 13.2. The van der Waals surface area contributed by atoms with Crippen molar-refractivity contribution in [2.75, 3.05) is 6.54 Å². The molecule has 2 atom stereocenters. The molecule has 1 aliphatic heterocycles. The smallest absolute Gasteiger partial charge is 0.254 e. The van der Waals surface area contributed by atoms with E-state index in [-0.39, 0.29) is 11.8 Å². The molecule has 1 aromatic carbocycles. The van der Waals surface area contributed by atoms with Gasteiger partial charge in [-0.15, -0.1) is 0 Å². The van der Waals surface area contributed by atoms with Crippen LogP contribution in [-0.4, -0.2) is 35.3 Å². The van der Waals surface area contributed by atoms with Crippen molar-refractivity contribution >= 4 is 11.8 Å². The van der Waals surface area contributed by atoms with E-state index in [0.717, 1.165) is 37.8 Å². The molecular weight excluding hydrogens is 336 g/mol. The number of hydrogen-bond donors (Lipinski definition) is 1. The van der Waals surface area contributed by atoms with Crippen LogP contribution in [0.3, 0.4) is 0 Å². The van der Waals surface area contributed by atoms with Crippen LogP contribution in [0.5, 0.6) is 0 Å². The van der Waals surface area contributed by atoms with Gasteiger partial charge in [0.25, 0.3) is 11.8 Å². The highest BCUT2D eigenvalue weighted by Gasteiger charge is 2.35. The Bertz CT molecular complexity index is 661. The standard InChI is InChI=1S/C23H32N2O2/c26-22(24-20-9-2-1-3-10-20)18-12-14-19(15-13-18)23(27)25-16-6-8-17-7-4-5-11-21(17)25/h12-15,17,20-21H,1-11,16H2,(H,24,26)/t17-,21-/m0/s1. The molecule has 4 heteroatoms. The first-order valence-electron chi connectivity index (χ1n) is 10.9. The van der Waals surface area contributed by atoms with Crippen LogP contribution >= 0.6 is 0 Å². The summed E-state index contributed by atoms with van der Waals surface area (Å²) in [4.78, 5) is 27.7. The van der Waals surface area contributed by atoms with Gasteiger partial charge in [0.1, 0.15) is 0 Å². The van der Waals surface area contributed by atoms with Crippen LogP contribution in [0.2, 0.25) is 0 Å². The monoisotopic (exact) mass is 368 g/mol. The van der Waals surface area contributed by atoms with Crippen LogP contribution in [0, 0.1) is 5.92 Å². The van der Waals surface area contributed by atoms with Gasteiger partial charge in [0, 0.05) is 29.8 Å². The van der Waals surface area contributed by atoms with E-state index >= 15 is 0 Å². The molecular formula is C23H32N2O2. The van der Waals surface area contributed by atoms with Crippen molar-refractivity contribution in [3.05, 3.63) is 35.4 Å².